The smallest absolute Gasteiger partial charge is 0.339 e. The van der Waals surface area contributed by atoms with Gasteiger partial charge in [-0.2, -0.15) is 0 Å². The van der Waals surface area contributed by atoms with E-state index >= 15 is 0 Å². The molecule has 0 aliphatic carbocycles. The van der Waals surface area contributed by atoms with Crippen LogP contribution in [-0.4, -0.2) is 157 Å². The molecular formula is C114H132N2O19Si3. The number of hydrogen-bond donors (Lipinski definition) is 0. The Morgan fingerprint density at radius 3 is 1.07 bits per heavy atom. The molecule has 2 saturated heterocycles. The van der Waals surface area contributed by atoms with Crippen LogP contribution in [0.5, 0.6) is 34.5 Å². The van der Waals surface area contributed by atoms with Crippen LogP contribution in [0.3, 0.4) is 0 Å². The number of carbonyl (C=O) groups excluding carboxylic acids is 4. The summed E-state index contributed by atoms with van der Waals surface area (Å²) < 4.78 is 91.4. The molecule has 2 unspecified atom stereocenters. The number of hydrogen-bond acceptors (Lipinski definition) is 21. The zero-order valence-electron chi connectivity index (χ0n) is 80.1. The third-order valence-electron chi connectivity index (χ3n) is 24.9. The molecule has 0 spiro atoms. The molecule has 0 radical (unpaired) electrons. The van der Waals surface area contributed by atoms with Gasteiger partial charge in [-0.25, -0.2) is 19.2 Å². The SMILES string of the molecule is C.C.CCCCOCCOCCOC(=O)c1ccccc1C(=O)OCc1c2c(c3cc(OC)ccc3c1-c1ccc(OC)cc1)OC(c1ccccc1)(c1ccc(N3CCCC3)cc1)C=C2.COc1ccc(-c2c(COC(=O)c3ccccc3C(=O)OCCOCCC[Si](C)(C)O[Si](C)(C)O[Si](C)(C)C)c3c(c4cc(OC)ccc24)OC(c2ccccc2)(c2ccc(N4CCCC4)cc2)C=C3)cc1. The summed E-state index contributed by atoms with van der Waals surface area (Å²) in [6.07, 6.45) is 16.0. The molecule has 4 aliphatic rings. The summed E-state index contributed by atoms with van der Waals surface area (Å²) in [6.45, 7) is 23.9. The second kappa shape index (κ2) is 47.1. The van der Waals surface area contributed by atoms with Crippen LogP contribution in [0, 0.1) is 0 Å². The molecule has 12 aromatic carbocycles. The van der Waals surface area contributed by atoms with E-state index in [1.807, 2.05) is 121 Å². The predicted octanol–water partition coefficient (Wildman–Crippen LogP) is 25.3. The number of rotatable bonds is 40. The zero-order chi connectivity index (χ0) is 95.4. The highest BCUT2D eigenvalue weighted by Crippen LogP contribution is 2.54. The fraction of sp³-hybridized carbons (Fsp3) is 0.333. The van der Waals surface area contributed by atoms with Gasteiger partial charge in [0.15, 0.2) is 27.8 Å². The minimum absolute atomic E-state index is 0. The normalized spacial score (nSPS) is 15.4. The molecule has 138 heavy (non-hydrogen) atoms. The molecule has 12 aromatic rings. The molecule has 0 bridgehead atoms. The van der Waals surface area contributed by atoms with Crippen molar-refractivity contribution in [3.63, 3.8) is 0 Å². The van der Waals surface area contributed by atoms with Gasteiger partial charge in [-0.3, -0.25) is 0 Å². The first-order valence-electron chi connectivity index (χ1n) is 47.1. The number of anilines is 2. The van der Waals surface area contributed by atoms with E-state index in [-0.39, 0.29) is 76.7 Å². The van der Waals surface area contributed by atoms with Crippen LogP contribution in [0.15, 0.2) is 255 Å². The van der Waals surface area contributed by atoms with Crippen LogP contribution >= 0.6 is 0 Å². The van der Waals surface area contributed by atoms with Crippen LogP contribution in [0.25, 0.3) is 56.0 Å². The van der Waals surface area contributed by atoms with Gasteiger partial charge in [0.1, 0.15) is 60.9 Å². The number of methoxy groups -OCH3 is 4. The molecule has 0 saturated carbocycles. The number of unbranched alkanes of at least 4 members (excludes halogenated alkanes) is 1. The third kappa shape index (κ3) is 24.4. The van der Waals surface area contributed by atoms with Crippen LogP contribution < -0.4 is 38.2 Å². The largest absolute Gasteiger partial charge is 0.497 e. The molecule has 0 N–H and O–H groups in total. The molecule has 2 atom stereocenters. The van der Waals surface area contributed by atoms with Crippen LogP contribution in [-0.2, 0) is 65.8 Å². The van der Waals surface area contributed by atoms with E-state index in [9.17, 15) is 19.2 Å². The molecular weight excluding hydrogens is 1790 g/mol. The molecule has 2 fully saturated rings. The second-order valence-corrected chi connectivity index (χ2v) is 49.0. The Morgan fingerprint density at radius 2 is 0.703 bits per heavy atom. The first-order chi connectivity index (χ1) is 65.9. The Kier molecular flexibility index (Phi) is 35.1. The van der Waals surface area contributed by atoms with Gasteiger partial charge in [-0.15, -0.1) is 0 Å². The van der Waals surface area contributed by atoms with E-state index in [0.29, 0.717) is 60.9 Å². The van der Waals surface area contributed by atoms with E-state index in [1.54, 1.807) is 77.0 Å². The lowest BCUT2D eigenvalue weighted by atomic mass is 9.81. The monoisotopic (exact) mass is 1920 g/mol. The Balaban J connectivity index is 0.000000231. The minimum Gasteiger partial charge on any atom is -0.497 e. The number of fused-ring (bicyclic) bond motifs is 6. The van der Waals surface area contributed by atoms with Gasteiger partial charge in [0.05, 0.1) is 77.1 Å². The zero-order valence-corrected chi connectivity index (χ0v) is 83.1. The fourth-order valence-electron chi connectivity index (χ4n) is 18.6. The van der Waals surface area contributed by atoms with Crippen molar-refractivity contribution in [2.45, 2.75) is 143 Å². The number of nitrogens with zero attached hydrogens (tertiary/aromatic N) is 2. The standard InChI is InChI=1S/C58H69NO10Si3.C54H55NO9.2CH4/c1-62-46-28-22-42(23-29-46)54-48-31-30-47(63-2)40-52(48)55-49(32-33-58(67-55,43-18-11-10-12-19-43)44-24-26-45(27-25-44)59-34-15-16-35-59)53(54)41-66-57(61)51-21-14-13-20-50(51)56(60)65-38-37-64-36-17-39-71(6,7)69-72(8,9)68-70(3,4)5;1-4-5-31-60-32-33-61-34-35-62-52(56)46-15-9-10-16-47(46)53(57)63-37-49-45-27-28-54(39-13-7-6-8-14-39,40-19-21-41(22-20-40)55-29-11-12-30-55)64-51(45)48-36-43(59-3)25-26-44(48)50(49)38-17-23-42(58-2)24-18-38;;/h10-14,18-33,40H,15-17,34-39,41H2,1-9H3;6-10,13-28,36H,4-5,11-12,29-35,37H2,1-3H3;2*1H4. The highest BCUT2D eigenvalue weighted by atomic mass is 28.5. The lowest BCUT2D eigenvalue weighted by Gasteiger charge is -2.38. The topological polar surface area (TPSA) is 213 Å². The van der Waals surface area contributed by atoms with Gasteiger partial charge in [0.25, 0.3) is 0 Å². The Labute approximate surface area is 816 Å². The summed E-state index contributed by atoms with van der Waals surface area (Å²) in [7, 11) is 0.658. The van der Waals surface area contributed by atoms with Crippen molar-refractivity contribution in [2.24, 2.45) is 0 Å². The van der Waals surface area contributed by atoms with Crippen molar-refractivity contribution in [3.8, 4) is 56.8 Å². The molecule has 4 aliphatic heterocycles. The van der Waals surface area contributed by atoms with E-state index in [4.69, 9.17) is 69.8 Å². The maximum absolute atomic E-state index is 14.3. The summed E-state index contributed by atoms with van der Waals surface area (Å²) in [5.74, 6) is 1.35. The van der Waals surface area contributed by atoms with Gasteiger partial charge in [0, 0.05) is 106 Å². The quantitative estimate of drug-likeness (QED) is 0.0151. The van der Waals surface area contributed by atoms with Crippen molar-refractivity contribution < 1.29 is 89.0 Å². The van der Waals surface area contributed by atoms with Crippen molar-refractivity contribution in [1.82, 2.24) is 0 Å². The van der Waals surface area contributed by atoms with E-state index in [0.717, 1.165) is 140 Å². The summed E-state index contributed by atoms with van der Waals surface area (Å²) >= 11 is 0. The molecule has 24 heteroatoms. The highest BCUT2D eigenvalue weighted by Gasteiger charge is 2.43. The van der Waals surface area contributed by atoms with Gasteiger partial charge in [0.2, 0.25) is 0 Å². The van der Waals surface area contributed by atoms with E-state index in [2.05, 4.69) is 160 Å². The van der Waals surface area contributed by atoms with Gasteiger partial charge in [-0.05, 0) is 245 Å². The summed E-state index contributed by atoms with van der Waals surface area (Å²) in [5.41, 5.74) is 11.0. The maximum Gasteiger partial charge on any atom is 0.339 e. The molecule has 724 valence electrons. The second-order valence-electron chi connectivity index (χ2n) is 36.3. The first-order valence-corrected chi connectivity index (χ1v) is 56.5. The third-order valence-corrected chi connectivity index (χ3v) is 35.1. The van der Waals surface area contributed by atoms with Gasteiger partial charge in [-0.1, -0.05) is 174 Å². The Hall–Kier alpha value is -12.6. The Bertz CT molecular complexity index is 6200. The molecule has 16 rings (SSSR count). The number of ether oxygens (including phenoxy) is 13. The van der Waals surface area contributed by atoms with E-state index < -0.39 is 60.3 Å². The average molecular weight is 1920 g/mol. The highest BCUT2D eigenvalue weighted by molar-refractivity contribution is 6.87. The van der Waals surface area contributed by atoms with Crippen LogP contribution in [0.2, 0.25) is 51.9 Å². The molecule has 21 nitrogen and oxygen atoms in total. The lowest BCUT2D eigenvalue weighted by molar-refractivity contribution is 0.0140. The van der Waals surface area contributed by atoms with Crippen LogP contribution in [0.4, 0.5) is 11.4 Å². The summed E-state index contributed by atoms with van der Waals surface area (Å²) in [5, 5.41) is 3.40. The van der Waals surface area contributed by atoms with Gasteiger partial charge >= 0.3 is 32.4 Å². The first kappa shape index (κ1) is 103. The maximum atomic E-state index is 14.3. The van der Waals surface area contributed by atoms with E-state index in [1.165, 1.54) is 37.1 Å². The van der Waals surface area contributed by atoms with Crippen molar-refractivity contribution in [1.29, 1.82) is 0 Å². The Morgan fingerprint density at radius 1 is 0.362 bits per heavy atom. The molecule has 4 heterocycles. The van der Waals surface area contributed by atoms with Crippen molar-refractivity contribution >= 4 is 94.1 Å². The lowest BCUT2D eigenvalue weighted by Crippen LogP contribution is -2.51. The summed E-state index contributed by atoms with van der Waals surface area (Å²) in [6, 6.07) is 79.4. The molecule has 0 amide bonds. The minimum atomic E-state index is -2.23. The molecule has 0 aromatic heterocycles. The summed E-state index contributed by atoms with van der Waals surface area (Å²) in [4.78, 5) is 60.3. The van der Waals surface area contributed by atoms with Crippen molar-refractivity contribution in [2.75, 3.05) is 117 Å². The van der Waals surface area contributed by atoms with Crippen LogP contribution in [0.1, 0.15) is 153 Å². The average Bonchev–Trinajstić information content (AvgIpc) is 0.830. The number of benzene rings is 12. The number of esters is 4. The fourth-order valence-corrected chi connectivity index (χ4v) is 31.8. The predicted molar refractivity (Wildman–Crippen MR) is 557 cm³/mol. The van der Waals surface area contributed by atoms with Crippen molar-refractivity contribution in [3.05, 3.63) is 322 Å². The van der Waals surface area contributed by atoms with Gasteiger partial charge < -0.3 is 79.6 Å². The number of carbonyl (C=O) groups is 4.